The van der Waals surface area contributed by atoms with E-state index in [0.717, 1.165) is 0 Å². The molecule has 2 N–H and O–H groups in total. The first kappa shape index (κ1) is 17.0. The smallest absolute Gasteiger partial charge is 0.336 e. The highest BCUT2D eigenvalue weighted by Gasteiger charge is 2.15. The highest BCUT2D eigenvalue weighted by molar-refractivity contribution is 5.93. The molecule has 21 heavy (non-hydrogen) atoms. The molecule has 6 nitrogen and oxygen atoms in total. The van der Waals surface area contributed by atoms with Gasteiger partial charge in [-0.2, -0.15) is 0 Å². The van der Waals surface area contributed by atoms with Crippen LogP contribution >= 0.6 is 0 Å². The van der Waals surface area contributed by atoms with E-state index in [-0.39, 0.29) is 23.5 Å². The van der Waals surface area contributed by atoms with Gasteiger partial charge in [-0.25, -0.2) is 4.79 Å². The molecule has 0 heterocycles. The number of ether oxygens (including phenoxy) is 3. The minimum Gasteiger partial charge on any atom is -0.508 e. The largest absolute Gasteiger partial charge is 0.508 e. The molecular weight excluding hydrogens is 276 g/mol. The third kappa shape index (κ3) is 5.09. The van der Waals surface area contributed by atoms with Crippen molar-refractivity contribution in [1.82, 2.24) is 0 Å². The summed E-state index contributed by atoms with van der Waals surface area (Å²) in [6.45, 7) is 8.13. The van der Waals surface area contributed by atoms with Gasteiger partial charge in [0.15, 0.2) is 6.29 Å². The minimum atomic E-state index is -1.17. The normalized spacial score (nSPS) is 10.6. The van der Waals surface area contributed by atoms with Gasteiger partial charge in [0.1, 0.15) is 18.1 Å². The van der Waals surface area contributed by atoms with Gasteiger partial charge in [0.2, 0.25) is 0 Å². The van der Waals surface area contributed by atoms with Gasteiger partial charge >= 0.3 is 5.97 Å². The third-order valence-corrected chi connectivity index (χ3v) is 2.62. The summed E-state index contributed by atoms with van der Waals surface area (Å²) < 4.78 is 16.1. The summed E-state index contributed by atoms with van der Waals surface area (Å²) in [7, 11) is 0. The Labute approximate surface area is 123 Å². The van der Waals surface area contributed by atoms with Crippen molar-refractivity contribution in [3.63, 3.8) is 0 Å². The first-order chi connectivity index (χ1) is 9.99. The van der Waals surface area contributed by atoms with Crippen LogP contribution in [-0.2, 0) is 9.47 Å². The Morgan fingerprint density at radius 3 is 2.29 bits per heavy atom. The quantitative estimate of drug-likeness (QED) is 0.538. The fourth-order valence-electron chi connectivity index (χ4n) is 1.72. The van der Waals surface area contributed by atoms with Crippen molar-refractivity contribution < 1.29 is 29.2 Å². The first-order valence-corrected chi connectivity index (χ1v) is 6.61. The van der Waals surface area contributed by atoms with Crippen LogP contribution in [0.1, 0.15) is 29.8 Å². The molecule has 0 saturated carbocycles. The summed E-state index contributed by atoms with van der Waals surface area (Å²) >= 11 is 0. The Bertz CT molecular complexity index is 491. The van der Waals surface area contributed by atoms with Gasteiger partial charge in [0.25, 0.3) is 0 Å². The van der Waals surface area contributed by atoms with Crippen LogP contribution in [0.5, 0.6) is 5.75 Å². The number of carboxylic acid groups (broad SMARTS) is 1. The minimum absolute atomic E-state index is 0.0793. The number of benzene rings is 1. The molecule has 0 aliphatic rings. The molecule has 0 spiro atoms. The molecule has 0 aliphatic carbocycles. The number of carboxylic acids is 1. The van der Waals surface area contributed by atoms with E-state index in [1.807, 2.05) is 13.8 Å². The molecule has 116 valence electrons. The zero-order chi connectivity index (χ0) is 15.8. The summed E-state index contributed by atoms with van der Waals surface area (Å²) in [5.41, 5.74) is 0.0744. The number of aliphatic hydroxyl groups excluding tert-OH is 1. The zero-order valence-electron chi connectivity index (χ0n) is 12.2. The van der Waals surface area contributed by atoms with E-state index in [1.165, 1.54) is 12.1 Å². The SMILES string of the molecule is C=C(O)c1ccc(OCC(OCC)OCC)cc1C(=O)O. The fourth-order valence-corrected chi connectivity index (χ4v) is 1.72. The van der Waals surface area contributed by atoms with Gasteiger partial charge in [-0.3, -0.25) is 0 Å². The van der Waals surface area contributed by atoms with Crippen LogP contribution in [-0.4, -0.2) is 42.3 Å². The predicted molar refractivity (Wildman–Crippen MR) is 77.6 cm³/mol. The maximum absolute atomic E-state index is 11.2. The molecule has 0 aromatic heterocycles. The molecule has 0 amide bonds. The summed E-state index contributed by atoms with van der Waals surface area (Å²) in [4.78, 5) is 11.2. The molecule has 0 saturated heterocycles. The van der Waals surface area contributed by atoms with Crippen LogP contribution in [0.25, 0.3) is 5.76 Å². The fraction of sp³-hybridized carbons (Fsp3) is 0.400. The Morgan fingerprint density at radius 2 is 1.81 bits per heavy atom. The topological polar surface area (TPSA) is 85.2 Å². The molecular formula is C15H20O6. The van der Waals surface area contributed by atoms with E-state index in [4.69, 9.17) is 19.3 Å². The molecule has 0 bridgehead atoms. The summed E-state index contributed by atoms with van der Waals surface area (Å²) in [6.07, 6.45) is -0.513. The highest BCUT2D eigenvalue weighted by atomic mass is 16.7. The van der Waals surface area contributed by atoms with Crippen molar-refractivity contribution in [3.8, 4) is 5.75 Å². The lowest BCUT2D eigenvalue weighted by Crippen LogP contribution is -2.25. The number of aliphatic hydroxyl groups is 1. The number of hydrogen-bond donors (Lipinski definition) is 2. The van der Waals surface area contributed by atoms with E-state index in [9.17, 15) is 9.90 Å². The maximum Gasteiger partial charge on any atom is 0.336 e. The van der Waals surface area contributed by atoms with Gasteiger partial charge in [0.05, 0.1) is 5.56 Å². The van der Waals surface area contributed by atoms with Crippen molar-refractivity contribution in [2.24, 2.45) is 0 Å². The Kier molecular flexibility index (Phi) is 6.71. The Balaban J connectivity index is 2.82. The van der Waals surface area contributed by atoms with E-state index < -0.39 is 12.3 Å². The summed E-state index contributed by atoms with van der Waals surface area (Å²) in [5, 5.41) is 18.5. The molecule has 1 rings (SSSR count). The molecule has 0 atom stereocenters. The number of aromatic carboxylic acids is 1. The van der Waals surface area contributed by atoms with Crippen LogP contribution in [0.4, 0.5) is 0 Å². The number of hydrogen-bond acceptors (Lipinski definition) is 5. The predicted octanol–water partition coefficient (Wildman–Crippen LogP) is 2.69. The van der Waals surface area contributed by atoms with Crippen molar-refractivity contribution in [3.05, 3.63) is 35.9 Å². The monoisotopic (exact) mass is 296 g/mol. The lowest BCUT2D eigenvalue weighted by molar-refractivity contribution is -0.152. The van der Waals surface area contributed by atoms with Gasteiger partial charge in [-0.15, -0.1) is 0 Å². The van der Waals surface area contributed by atoms with E-state index in [2.05, 4.69) is 6.58 Å². The average molecular weight is 296 g/mol. The van der Waals surface area contributed by atoms with Crippen LogP contribution in [0.2, 0.25) is 0 Å². The van der Waals surface area contributed by atoms with Crippen molar-refractivity contribution in [2.45, 2.75) is 20.1 Å². The van der Waals surface area contributed by atoms with Crippen LogP contribution in [0.3, 0.4) is 0 Å². The summed E-state index contributed by atoms with van der Waals surface area (Å²) in [5.74, 6) is -1.13. The lowest BCUT2D eigenvalue weighted by atomic mass is 10.1. The van der Waals surface area contributed by atoms with E-state index in [1.54, 1.807) is 6.07 Å². The molecule has 0 aliphatic heterocycles. The first-order valence-electron chi connectivity index (χ1n) is 6.61. The standard InChI is InChI=1S/C15H20O6/c1-4-19-14(20-5-2)9-21-11-6-7-12(10(3)16)13(8-11)15(17)18/h6-8,14,16H,3-5,9H2,1-2H3,(H,17,18). The zero-order valence-corrected chi connectivity index (χ0v) is 12.2. The lowest BCUT2D eigenvalue weighted by Gasteiger charge is -2.18. The van der Waals surface area contributed by atoms with E-state index in [0.29, 0.717) is 19.0 Å². The second-order valence-corrected chi connectivity index (χ2v) is 4.11. The molecule has 0 fully saturated rings. The third-order valence-electron chi connectivity index (χ3n) is 2.62. The second kappa shape index (κ2) is 8.28. The summed E-state index contributed by atoms with van der Waals surface area (Å²) in [6, 6.07) is 4.32. The van der Waals surface area contributed by atoms with Crippen LogP contribution < -0.4 is 4.74 Å². The Morgan fingerprint density at radius 1 is 1.19 bits per heavy atom. The van der Waals surface area contributed by atoms with Crippen molar-refractivity contribution >= 4 is 11.7 Å². The van der Waals surface area contributed by atoms with E-state index >= 15 is 0 Å². The molecule has 6 heteroatoms. The highest BCUT2D eigenvalue weighted by Crippen LogP contribution is 2.22. The molecule has 0 radical (unpaired) electrons. The van der Waals surface area contributed by atoms with Crippen LogP contribution in [0, 0.1) is 0 Å². The average Bonchev–Trinajstić information content (AvgIpc) is 2.44. The molecule has 0 unspecified atom stereocenters. The van der Waals surface area contributed by atoms with Crippen molar-refractivity contribution in [2.75, 3.05) is 19.8 Å². The molecule has 1 aromatic carbocycles. The van der Waals surface area contributed by atoms with Gasteiger partial charge in [0, 0.05) is 18.8 Å². The second-order valence-electron chi connectivity index (χ2n) is 4.11. The number of carbonyl (C=O) groups is 1. The van der Waals surface area contributed by atoms with Crippen molar-refractivity contribution in [1.29, 1.82) is 0 Å². The maximum atomic E-state index is 11.2. The van der Waals surface area contributed by atoms with Gasteiger partial charge in [-0.05, 0) is 32.0 Å². The number of rotatable bonds is 9. The molecule has 1 aromatic rings. The van der Waals surface area contributed by atoms with Crippen LogP contribution in [0.15, 0.2) is 24.8 Å². The Hall–Kier alpha value is -2.05. The van der Waals surface area contributed by atoms with Gasteiger partial charge < -0.3 is 24.4 Å². The van der Waals surface area contributed by atoms with Gasteiger partial charge in [-0.1, -0.05) is 6.58 Å².